The lowest BCUT2D eigenvalue weighted by Crippen LogP contribution is -2.59. The summed E-state index contributed by atoms with van der Waals surface area (Å²) in [7, 11) is 0. The molecule has 1 saturated carbocycles. The zero-order valence-corrected chi connectivity index (χ0v) is 36.8. The molecule has 9 rings (SSSR count). The van der Waals surface area contributed by atoms with Crippen molar-refractivity contribution in [1.82, 2.24) is 10.6 Å². The highest BCUT2D eigenvalue weighted by Crippen LogP contribution is 2.49. The number of aliphatic hydroxyl groups is 2. The maximum absolute atomic E-state index is 15.6. The van der Waals surface area contributed by atoms with Crippen molar-refractivity contribution in [1.29, 1.82) is 0 Å². The van der Waals surface area contributed by atoms with Crippen LogP contribution in [0.15, 0.2) is 182 Å². The third-order valence-electron chi connectivity index (χ3n) is 13.7. The fourth-order valence-electron chi connectivity index (χ4n) is 9.68. The molecule has 0 unspecified atom stereocenters. The Morgan fingerprint density at radius 3 is 1.03 bits per heavy atom. The molecule has 0 bridgehead atoms. The molecule has 6 nitrogen and oxygen atoms in total. The fraction of sp³-hybridized carbons (Fsp3) is 0.207. The van der Waals surface area contributed by atoms with Crippen molar-refractivity contribution in [3.63, 3.8) is 0 Å². The Balaban J connectivity index is 1.19. The average Bonchev–Trinajstić information content (AvgIpc) is 3.30. The molecule has 1 fully saturated rings. The van der Waals surface area contributed by atoms with Gasteiger partial charge in [-0.2, -0.15) is 0 Å². The van der Waals surface area contributed by atoms with Crippen LogP contribution in [0.1, 0.15) is 87.0 Å². The van der Waals surface area contributed by atoms with Gasteiger partial charge in [-0.1, -0.05) is 211 Å². The van der Waals surface area contributed by atoms with Gasteiger partial charge in [-0.15, -0.1) is 0 Å². The molecular formula is C58H54N2O4. The lowest BCUT2D eigenvalue weighted by Gasteiger charge is -2.45. The second-order valence-corrected chi connectivity index (χ2v) is 17.9. The van der Waals surface area contributed by atoms with E-state index in [1.165, 1.54) is 0 Å². The summed E-state index contributed by atoms with van der Waals surface area (Å²) in [4.78, 5) is 31.2. The van der Waals surface area contributed by atoms with Crippen LogP contribution in [0.2, 0.25) is 0 Å². The van der Waals surface area contributed by atoms with Crippen molar-refractivity contribution in [2.75, 3.05) is 0 Å². The lowest BCUT2D eigenvalue weighted by molar-refractivity contribution is -0.152. The van der Waals surface area contributed by atoms with Crippen molar-refractivity contribution in [2.45, 2.75) is 70.2 Å². The highest BCUT2D eigenvalue weighted by molar-refractivity contribution is 6.06. The molecule has 1 aliphatic rings. The largest absolute Gasteiger partial charge is 0.378 e. The van der Waals surface area contributed by atoms with Crippen LogP contribution in [-0.2, 0) is 20.8 Å². The van der Waals surface area contributed by atoms with Crippen molar-refractivity contribution in [3.8, 4) is 0 Å². The second-order valence-electron chi connectivity index (χ2n) is 17.9. The first kappa shape index (κ1) is 42.4. The van der Waals surface area contributed by atoms with E-state index in [9.17, 15) is 10.2 Å². The van der Waals surface area contributed by atoms with Gasteiger partial charge in [0, 0.05) is 0 Å². The van der Waals surface area contributed by atoms with Crippen molar-refractivity contribution >= 4 is 33.4 Å². The molecule has 0 aliphatic heterocycles. The minimum atomic E-state index is -1.77. The molecule has 320 valence electrons. The number of nitrogens with one attached hydrogen (secondary N) is 2. The Bertz CT molecular complexity index is 2670. The van der Waals surface area contributed by atoms with Crippen LogP contribution >= 0.6 is 0 Å². The predicted octanol–water partition coefficient (Wildman–Crippen LogP) is 11.3. The molecule has 4 N–H and O–H groups in total. The van der Waals surface area contributed by atoms with Gasteiger partial charge in [0.2, 0.25) is 11.8 Å². The molecule has 8 aromatic carbocycles. The van der Waals surface area contributed by atoms with E-state index in [1.54, 1.807) is 0 Å². The van der Waals surface area contributed by atoms with E-state index in [0.29, 0.717) is 39.8 Å². The summed E-state index contributed by atoms with van der Waals surface area (Å²) in [5, 5.41) is 37.6. The summed E-state index contributed by atoms with van der Waals surface area (Å²) in [5.74, 6) is -0.976. The molecule has 64 heavy (non-hydrogen) atoms. The van der Waals surface area contributed by atoms with Gasteiger partial charge in [0.05, 0.1) is 12.1 Å². The van der Waals surface area contributed by atoms with Crippen LogP contribution in [-0.4, -0.2) is 22.0 Å². The van der Waals surface area contributed by atoms with Gasteiger partial charge in [-0.25, -0.2) is 0 Å². The molecule has 2 amide bonds. The number of benzene rings is 8. The minimum absolute atomic E-state index is 0.288. The van der Waals surface area contributed by atoms with Gasteiger partial charge in [-0.3, -0.25) is 9.59 Å². The first-order valence-electron chi connectivity index (χ1n) is 22.2. The first-order chi connectivity index (χ1) is 30.9. The molecular weight excluding hydrogens is 789 g/mol. The Morgan fingerprint density at radius 2 is 0.734 bits per heavy atom. The summed E-state index contributed by atoms with van der Waals surface area (Å²) in [6.07, 6.45) is 1.23. The number of fused-ring (bicyclic) bond motifs is 2. The maximum Gasteiger partial charge on any atom is 0.236 e. The number of amides is 2. The molecule has 8 aromatic rings. The van der Waals surface area contributed by atoms with Crippen LogP contribution in [0.25, 0.3) is 21.5 Å². The van der Waals surface area contributed by atoms with Crippen LogP contribution in [0.3, 0.4) is 0 Å². The second kappa shape index (κ2) is 17.0. The van der Waals surface area contributed by atoms with E-state index >= 15 is 9.59 Å². The Kier molecular flexibility index (Phi) is 11.3. The average molecular weight is 843 g/mol. The SMILES string of the molecule is Cc1ccc(C(O)(c2ccc(C)cc2)[C@@H](NC(=O)C2(C(=O)N[C@@H](c3cccc4ccccc34)C(O)(c3ccc(C)cc3)c3ccc(C)cc3)CCC2)c2cccc3ccccc23)cc1. The van der Waals surface area contributed by atoms with Gasteiger partial charge in [0.25, 0.3) is 0 Å². The van der Waals surface area contributed by atoms with Gasteiger partial charge in [-0.05, 0) is 95.5 Å². The highest BCUT2D eigenvalue weighted by Gasteiger charge is 2.55. The quantitative estimate of drug-likeness (QED) is 0.0921. The Labute approximate surface area is 375 Å². The van der Waals surface area contributed by atoms with Crippen LogP contribution in [0.4, 0.5) is 0 Å². The van der Waals surface area contributed by atoms with Crippen LogP contribution in [0.5, 0.6) is 0 Å². The normalized spacial score (nSPS) is 14.7. The molecule has 1 aliphatic carbocycles. The molecule has 0 aromatic heterocycles. The molecule has 0 heterocycles. The molecule has 6 heteroatoms. The topological polar surface area (TPSA) is 98.7 Å². The molecule has 0 spiro atoms. The fourth-order valence-corrected chi connectivity index (χ4v) is 9.68. The summed E-state index contributed by atoms with van der Waals surface area (Å²) in [5.41, 5.74) is 2.89. The molecule has 0 saturated heterocycles. The van der Waals surface area contributed by atoms with Gasteiger partial charge >= 0.3 is 0 Å². The summed E-state index contributed by atoms with van der Waals surface area (Å²) >= 11 is 0. The number of rotatable bonds is 12. The van der Waals surface area contributed by atoms with E-state index in [0.717, 1.165) is 43.8 Å². The van der Waals surface area contributed by atoms with E-state index < -0.39 is 40.5 Å². The highest BCUT2D eigenvalue weighted by atomic mass is 16.3. The smallest absolute Gasteiger partial charge is 0.236 e. The minimum Gasteiger partial charge on any atom is -0.378 e. The molecule has 2 atom stereocenters. The van der Waals surface area contributed by atoms with E-state index in [1.807, 2.05) is 210 Å². The third-order valence-corrected chi connectivity index (χ3v) is 13.7. The van der Waals surface area contributed by atoms with Gasteiger partial charge < -0.3 is 20.8 Å². The molecule has 0 radical (unpaired) electrons. The number of aryl methyl sites for hydroxylation is 4. The first-order valence-corrected chi connectivity index (χ1v) is 22.2. The zero-order valence-electron chi connectivity index (χ0n) is 36.8. The van der Waals surface area contributed by atoms with E-state index in [2.05, 4.69) is 10.6 Å². The monoisotopic (exact) mass is 842 g/mol. The van der Waals surface area contributed by atoms with Crippen LogP contribution in [0, 0.1) is 33.1 Å². The number of carbonyl (C=O) groups is 2. The predicted molar refractivity (Wildman–Crippen MR) is 257 cm³/mol. The summed E-state index contributed by atoms with van der Waals surface area (Å²) in [6.45, 7) is 8.01. The zero-order chi connectivity index (χ0) is 44.6. The van der Waals surface area contributed by atoms with E-state index in [-0.39, 0.29) is 12.8 Å². The third kappa shape index (κ3) is 7.47. The van der Waals surface area contributed by atoms with Gasteiger partial charge in [0.1, 0.15) is 16.6 Å². The standard InChI is InChI=1S/C58H54N2O4/c1-38-20-28-44(29-21-38)57(63,45-30-22-39(2)23-31-45)52(50-18-9-14-42-12-5-7-16-48(42)50)59-54(61)56(36-11-37-56)55(62)60-53(51-19-10-15-43-13-6-8-17-49(43)51)58(64,46-32-24-40(3)25-33-46)47-34-26-41(4)27-35-47/h5-10,12-35,52-53,63-64H,11,36-37H2,1-4H3,(H,59,61)(H,60,62)/t52-,53-/m0/s1. The van der Waals surface area contributed by atoms with Gasteiger partial charge in [0.15, 0.2) is 0 Å². The maximum atomic E-state index is 15.6. The summed E-state index contributed by atoms with van der Waals surface area (Å²) < 4.78 is 0. The number of hydrogen-bond donors (Lipinski definition) is 4. The lowest BCUT2D eigenvalue weighted by atomic mass is 9.66. The Morgan fingerprint density at radius 1 is 0.438 bits per heavy atom. The van der Waals surface area contributed by atoms with Crippen molar-refractivity contribution < 1.29 is 19.8 Å². The summed E-state index contributed by atoms with van der Waals surface area (Å²) in [6, 6.07) is 56.7. The number of hydrogen-bond acceptors (Lipinski definition) is 4. The van der Waals surface area contributed by atoms with E-state index in [4.69, 9.17) is 0 Å². The van der Waals surface area contributed by atoms with Crippen molar-refractivity contribution in [2.24, 2.45) is 5.41 Å². The van der Waals surface area contributed by atoms with Crippen LogP contribution < -0.4 is 10.6 Å². The van der Waals surface area contributed by atoms with Crippen molar-refractivity contribution in [3.05, 3.63) is 238 Å². The Hall–Kier alpha value is -6.86. The number of carbonyl (C=O) groups excluding carboxylic acids is 2.